The minimum Gasteiger partial charge on any atom is -0.393 e. The Labute approximate surface area is 53.6 Å². The second kappa shape index (κ2) is 1.94. The van der Waals surface area contributed by atoms with Crippen LogP contribution < -0.4 is 0 Å². The van der Waals surface area contributed by atoms with Crippen molar-refractivity contribution in [2.24, 2.45) is 0 Å². The lowest BCUT2D eigenvalue weighted by molar-refractivity contribution is 0.00835. The van der Waals surface area contributed by atoms with Gasteiger partial charge in [-0.2, -0.15) is 0 Å². The molecule has 1 saturated heterocycles. The second-order valence-corrected chi connectivity index (χ2v) is 2.65. The first kappa shape index (κ1) is 5.65. The lowest BCUT2D eigenvalue weighted by atomic mass is 10.3. The molecule has 0 aromatic heterocycles. The van der Waals surface area contributed by atoms with Gasteiger partial charge in [0.2, 0.25) is 0 Å². The van der Waals surface area contributed by atoms with E-state index < -0.39 is 0 Å². The van der Waals surface area contributed by atoms with Gasteiger partial charge < -0.3 is 14.6 Å². The van der Waals surface area contributed by atoms with Crippen molar-refractivity contribution in [3.8, 4) is 0 Å². The highest BCUT2D eigenvalue weighted by Gasteiger charge is 2.38. The maximum Gasteiger partial charge on any atom is 0.147 e. The molecule has 3 atom stereocenters. The fourth-order valence-corrected chi connectivity index (χ4v) is 1.50. The Morgan fingerprint density at radius 3 is 2.22 bits per heavy atom. The van der Waals surface area contributed by atoms with Gasteiger partial charge in [0.15, 0.2) is 0 Å². The molecule has 2 fully saturated rings. The molecule has 1 N–H and O–H groups in total. The van der Waals surface area contributed by atoms with E-state index in [1.54, 1.807) is 0 Å². The summed E-state index contributed by atoms with van der Waals surface area (Å²) in [7, 11) is 0. The van der Waals surface area contributed by atoms with Gasteiger partial charge >= 0.3 is 0 Å². The highest BCUT2D eigenvalue weighted by molar-refractivity contribution is 4.86. The van der Waals surface area contributed by atoms with Crippen LogP contribution >= 0.6 is 0 Å². The van der Waals surface area contributed by atoms with Crippen molar-refractivity contribution < 1.29 is 14.6 Å². The Kier molecular flexibility index (Phi) is 1.22. The highest BCUT2D eigenvalue weighted by Crippen LogP contribution is 2.29. The van der Waals surface area contributed by atoms with E-state index in [2.05, 4.69) is 0 Å². The number of ether oxygens (including phenoxy) is 2. The van der Waals surface area contributed by atoms with Gasteiger partial charge in [0.05, 0.1) is 18.3 Å². The third kappa shape index (κ3) is 0.852. The number of hydrogen-bond donors (Lipinski definition) is 1. The van der Waals surface area contributed by atoms with Crippen LogP contribution in [0, 0.1) is 0 Å². The predicted octanol–water partition coefficient (Wildman–Crippen LogP) is -0.117. The highest BCUT2D eigenvalue weighted by atomic mass is 16.7. The first-order chi connectivity index (χ1) is 4.36. The van der Waals surface area contributed by atoms with Crippen LogP contribution in [0.3, 0.4) is 0 Å². The van der Waals surface area contributed by atoms with Gasteiger partial charge in [-0.1, -0.05) is 0 Å². The van der Waals surface area contributed by atoms with Crippen LogP contribution in [-0.2, 0) is 9.47 Å². The predicted molar refractivity (Wildman–Crippen MR) is 29.9 cm³/mol. The van der Waals surface area contributed by atoms with Gasteiger partial charge in [-0.25, -0.2) is 0 Å². The van der Waals surface area contributed by atoms with Crippen LogP contribution in [-0.4, -0.2) is 30.2 Å². The molecule has 1 unspecified atom stereocenters. The van der Waals surface area contributed by atoms with E-state index in [0.717, 1.165) is 12.8 Å². The molecule has 52 valence electrons. The summed E-state index contributed by atoms with van der Waals surface area (Å²) < 4.78 is 10.3. The van der Waals surface area contributed by atoms with Crippen LogP contribution in [0.2, 0.25) is 0 Å². The van der Waals surface area contributed by atoms with E-state index in [1.807, 2.05) is 0 Å². The maximum absolute atomic E-state index is 9.07. The van der Waals surface area contributed by atoms with E-state index in [0.29, 0.717) is 6.79 Å². The van der Waals surface area contributed by atoms with Gasteiger partial charge in [-0.3, -0.25) is 0 Å². The summed E-state index contributed by atoms with van der Waals surface area (Å²) in [5.41, 5.74) is 0. The number of fused-ring (bicyclic) bond motifs is 1. The first-order valence-corrected chi connectivity index (χ1v) is 3.27. The van der Waals surface area contributed by atoms with Crippen molar-refractivity contribution in [2.75, 3.05) is 6.79 Å². The van der Waals surface area contributed by atoms with Gasteiger partial charge in [0.1, 0.15) is 6.79 Å². The van der Waals surface area contributed by atoms with E-state index in [1.165, 1.54) is 0 Å². The average Bonchev–Trinajstić information content (AvgIpc) is 2.22. The lowest BCUT2D eigenvalue weighted by Crippen LogP contribution is -2.13. The fraction of sp³-hybridized carbons (Fsp3) is 1.00. The second-order valence-electron chi connectivity index (χ2n) is 2.65. The summed E-state index contributed by atoms with van der Waals surface area (Å²) in [6, 6.07) is 0. The summed E-state index contributed by atoms with van der Waals surface area (Å²) in [6.45, 7) is 0.419. The SMILES string of the molecule is OC1C[C@@H]2OCO[C@@H]2C1. The summed E-state index contributed by atoms with van der Waals surface area (Å²) in [5, 5.41) is 9.07. The molecule has 2 rings (SSSR count). The number of hydrogen-bond acceptors (Lipinski definition) is 3. The Bertz CT molecular complexity index is 103. The molecule has 0 amide bonds. The molecular weight excluding hydrogens is 120 g/mol. The molecule has 0 radical (unpaired) electrons. The van der Waals surface area contributed by atoms with Gasteiger partial charge in [-0.15, -0.1) is 0 Å². The minimum absolute atomic E-state index is 0.181. The third-order valence-electron chi connectivity index (χ3n) is 1.99. The largest absolute Gasteiger partial charge is 0.393 e. The molecular formula is C6H10O3. The van der Waals surface area contributed by atoms with Gasteiger partial charge in [0.25, 0.3) is 0 Å². The Hall–Kier alpha value is -0.120. The summed E-state index contributed by atoms with van der Waals surface area (Å²) >= 11 is 0. The van der Waals surface area contributed by atoms with Crippen LogP contribution in [0.1, 0.15) is 12.8 Å². The zero-order valence-electron chi connectivity index (χ0n) is 5.12. The Morgan fingerprint density at radius 1 is 1.11 bits per heavy atom. The zero-order valence-corrected chi connectivity index (χ0v) is 5.12. The molecule has 3 nitrogen and oxygen atoms in total. The Balaban J connectivity index is 2.02. The summed E-state index contributed by atoms with van der Waals surface area (Å²) in [6.07, 6.45) is 1.68. The number of aliphatic hydroxyl groups is 1. The molecule has 0 aromatic rings. The molecule has 0 aromatic carbocycles. The van der Waals surface area contributed by atoms with E-state index >= 15 is 0 Å². The normalized spacial score (nSPS) is 49.7. The molecule has 1 aliphatic carbocycles. The summed E-state index contributed by atoms with van der Waals surface area (Å²) in [5.74, 6) is 0. The molecule has 0 bridgehead atoms. The molecule has 0 spiro atoms. The fourth-order valence-electron chi connectivity index (χ4n) is 1.50. The third-order valence-corrected chi connectivity index (χ3v) is 1.99. The molecule has 9 heavy (non-hydrogen) atoms. The standard InChI is InChI=1S/C6H10O3/c7-4-1-5-6(2-4)9-3-8-5/h4-7H,1-3H2/t4?,5-,6+. The van der Waals surface area contributed by atoms with Crippen molar-refractivity contribution >= 4 is 0 Å². The van der Waals surface area contributed by atoms with Gasteiger partial charge in [-0.05, 0) is 0 Å². The molecule has 1 saturated carbocycles. The average molecular weight is 130 g/mol. The van der Waals surface area contributed by atoms with Crippen LogP contribution in [0.5, 0.6) is 0 Å². The van der Waals surface area contributed by atoms with Crippen LogP contribution in [0.4, 0.5) is 0 Å². The zero-order chi connectivity index (χ0) is 6.27. The van der Waals surface area contributed by atoms with Crippen molar-refractivity contribution in [3.05, 3.63) is 0 Å². The van der Waals surface area contributed by atoms with E-state index in [9.17, 15) is 0 Å². The van der Waals surface area contributed by atoms with Crippen molar-refractivity contribution in [3.63, 3.8) is 0 Å². The summed E-state index contributed by atoms with van der Waals surface area (Å²) in [4.78, 5) is 0. The molecule has 2 aliphatic rings. The van der Waals surface area contributed by atoms with Crippen LogP contribution in [0.25, 0.3) is 0 Å². The topological polar surface area (TPSA) is 38.7 Å². The van der Waals surface area contributed by atoms with E-state index in [-0.39, 0.29) is 18.3 Å². The molecule has 3 heteroatoms. The molecule has 1 aliphatic heterocycles. The van der Waals surface area contributed by atoms with E-state index in [4.69, 9.17) is 14.6 Å². The maximum atomic E-state index is 9.07. The quantitative estimate of drug-likeness (QED) is 0.497. The van der Waals surface area contributed by atoms with Crippen molar-refractivity contribution in [1.82, 2.24) is 0 Å². The minimum atomic E-state index is -0.194. The van der Waals surface area contributed by atoms with Gasteiger partial charge in [0, 0.05) is 12.8 Å². The van der Waals surface area contributed by atoms with Crippen molar-refractivity contribution in [2.45, 2.75) is 31.2 Å². The number of aliphatic hydroxyl groups excluding tert-OH is 1. The lowest BCUT2D eigenvalue weighted by Gasteiger charge is -2.01. The smallest absolute Gasteiger partial charge is 0.147 e. The first-order valence-electron chi connectivity index (χ1n) is 3.27. The number of rotatable bonds is 0. The molecule has 1 heterocycles. The van der Waals surface area contributed by atoms with Crippen molar-refractivity contribution in [1.29, 1.82) is 0 Å². The Morgan fingerprint density at radius 2 is 1.67 bits per heavy atom. The monoisotopic (exact) mass is 130 g/mol. The van der Waals surface area contributed by atoms with Crippen LogP contribution in [0.15, 0.2) is 0 Å².